The minimum Gasteiger partial charge on any atom is -0.375 e. The summed E-state index contributed by atoms with van der Waals surface area (Å²) in [7, 11) is 0. The summed E-state index contributed by atoms with van der Waals surface area (Å²) in [6, 6.07) is 2.02. The van der Waals surface area contributed by atoms with Crippen LogP contribution in [0.15, 0.2) is 0 Å². The number of hydrogen-bond acceptors (Lipinski definition) is 3. The van der Waals surface area contributed by atoms with Crippen LogP contribution in [0.2, 0.25) is 0 Å². The summed E-state index contributed by atoms with van der Waals surface area (Å²) in [5, 5.41) is 11.3. The number of rotatable bonds is 4. The highest BCUT2D eigenvalue weighted by molar-refractivity contribution is 5.78. The summed E-state index contributed by atoms with van der Waals surface area (Å²) in [5.41, 5.74) is -0.0805. The number of nitriles is 1. The molecule has 1 N–H and O–H groups in total. The van der Waals surface area contributed by atoms with Gasteiger partial charge in [-0.2, -0.15) is 5.26 Å². The van der Waals surface area contributed by atoms with Crippen LogP contribution >= 0.6 is 0 Å². The molecule has 0 aliphatic carbocycles. The smallest absolute Gasteiger partial charge is 0.234 e. The van der Waals surface area contributed by atoms with Crippen molar-refractivity contribution >= 4 is 5.91 Å². The van der Waals surface area contributed by atoms with Gasteiger partial charge in [0.15, 0.2) is 0 Å². The predicted octanol–water partition coefficient (Wildman–Crippen LogP) is 1.75. The Balaban J connectivity index is 2.50. The Bertz CT molecular complexity index is 279. The average Bonchev–Trinajstić information content (AvgIpc) is 2.29. The molecule has 0 radical (unpaired) electrons. The van der Waals surface area contributed by atoms with Gasteiger partial charge in [-0.05, 0) is 25.7 Å². The number of carbonyl (C=O) groups is 1. The molecule has 1 amide bonds. The molecule has 1 aliphatic heterocycles. The second kappa shape index (κ2) is 5.86. The van der Waals surface area contributed by atoms with Crippen LogP contribution in [0.4, 0.5) is 0 Å². The van der Waals surface area contributed by atoms with Gasteiger partial charge in [-0.1, -0.05) is 13.8 Å². The third-order valence-corrected chi connectivity index (χ3v) is 3.39. The number of nitrogens with zero attached hydrogens (tertiary/aromatic N) is 1. The van der Waals surface area contributed by atoms with Gasteiger partial charge in [0.2, 0.25) is 5.91 Å². The SMILES string of the molecule is CCC1(CC)CC(NC(=O)CC#N)CCO1. The molecule has 1 aliphatic rings. The largest absolute Gasteiger partial charge is 0.375 e. The first kappa shape index (κ1) is 13.0. The van der Waals surface area contributed by atoms with Crippen LogP contribution < -0.4 is 5.32 Å². The van der Waals surface area contributed by atoms with Gasteiger partial charge in [0.1, 0.15) is 6.42 Å². The molecular formula is C12H20N2O2. The van der Waals surface area contributed by atoms with Crippen molar-refractivity contribution in [1.82, 2.24) is 5.32 Å². The second-order valence-corrected chi connectivity index (χ2v) is 4.33. The van der Waals surface area contributed by atoms with E-state index in [-0.39, 0.29) is 24.0 Å². The number of carbonyl (C=O) groups excluding carboxylic acids is 1. The molecule has 4 nitrogen and oxygen atoms in total. The summed E-state index contributed by atoms with van der Waals surface area (Å²) in [6.07, 6.45) is 3.58. The van der Waals surface area contributed by atoms with E-state index in [1.807, 2.05) is 6.07 Å². The Hall–Kier alpha value is -1.08. The van der Waals surface area contributed by atoms with E-state index in [1.54, 1.807) is 0 Å². The van der Waals surface area contributed by atoms with E-state index in [4.69, 9.17) is 10.00 Å². The lowest BCUT2D eigenvalue weighted by molar-refractivity contribution is -0.125. The first-order valence-electron chi connectivity index (χ1n) is 5.96. The van der Waals surface area contributed by atoms with Crippen LogP contribution in [0.5, 0.6) is 0 Å². The Morgan fingerprint density at radius 3 is 2.81 bits per heavy atom. The maximum atomic E-state index is 11.3. The van der Waals surface area contributed by atoms with E-state index < -0.39 is 0 Å². The van der Waals surface area contributed by atoms with E-state index >= 15 is 0 Å². The van der Waals surface area contributed by atoms with Crippen LogP contribution in [-0.2, 0) is 9.53 Å². The molecule has 0 aromatic rings. The summed E-state index contributed by atoms with van der Waals surface area (Å²) >= 11 is 0. The summed E-state index contributed by atoms with van der Waals surface area (Å²) < 4.78 is 5.82. The van der Waals surface area contributed by atoms with Gasteiger partial charge in [0.05, 0.1) is 11.7 Å². The molecule has 1 rings (SSSR count). The van der Waals surface area contributed by atoms with Gasteiger partial charge in [-0.25, -0.2) is 0 Å². The van der Waals surface area contributed by atoms with Gasteiger partial charge >= 0.3 is 0 Å². The zero-order valence-electron chi connectivity index (χ0n) is 10.1. The molecule has 1 atom stereocenters. The van der Waals surface area contributed by atoms with E-state index in [2.05, 4.69) is 19.2 Å². The van der Waals surface area contributed by atoms with Gasteiger partial charge in [-0.15, -0.1) is 0 Å². The first-order chi connectivity index (χ1) is 7.65. The number of hydrogen-bond donors (Lipinski definition) is 1. The molecule has 0 aromatic heterocycles. The maximum Gasteiger partial charge on any atom is 0.234 e. The van der Waals surface area contributed by atoms with Crippen molar-refractivity contribution in [2.45, 2.75) is 57.6 Å². The van der Waals surface area contributed by atoms with Crippen LogP contribution in [0.3, 0.4) is 0 Å². The molecule has 0 aromatic carbocycles. The minimum atomic E-state index is -0.171. The maximum absolute atomic E-state index is 11.3. The molecule has 16 heavy (non-hydrogen) atoms. The van der Waals surface area contributed by atoms with Crippen molar-refractivity contribution in [2.24, 2.45) is 0 Å². The number of ether oxygens (including phenoxy) is 1. The van der Waals surface area contributed by atoms with Crippen molar-refractivity contribution in [1.29, 1.82) is 5.26 Å². The lowest BCUT2D eigenvalue weighted by Crippen LogP contribution is -2.48. The highest BCUT2D eigenvalue weighted by Gasteiger charge is 2.34. The number of amides is 1. The summed E-state index contributed by atoms with van der Waals surface area (Å²) in [6.45, 7) is 4.92. The van der Waals surface area contributed by atoms with E-state index in [0.29, 0.717) is 6.61 Å². The topological polar surface area (TPSA) is 62.1 Å². The molecule has 4 heteroatoms. The van der Waals surface area contributed by atoms with Crippen molar-refractivity contribution in [3.05, 3.63) is 0 Å². The monoisotopic (exact) mass is 224 g/mol. The predicted molar refractivity (Wildman–Crippen MR) is 60.7 cm³/mol. The molecule has 1 heterocycles. The van der Waals surface area contributed by atoms with Crippen molar-refractivity contribution in [3.63, 3.8) is 0 Å². The third kappa shape index (κ3) is 3.21. The zero-order chi connectivity index (χ0) is 12.0. The second-order valence-electron chi connectivity index (χ2n) is 4.33. The normalized spacial score (nSPS) is 23.4. The fraction of sp³-hybridized carbons (Fsp3) is 0.833. The Morgan fingerprint density at radius 1 is 1.56 bits per heavy atom. The average molecular weight is 224 g/mol. The van der Waals surface area contributed by atoms with Crippen LogP contribution in [0.1, 0.15) is 46.0 Å². The molecule has 1 saturated heterocycles. The fourth-order valence-electron chi connectivity index (χ4n) is 2.24. The van der Waals surface area contributed by atoms with Crippen LogP contribution in [0, 0.1) is 11.3 Å². The van der Waals surface area contributed by atoms with Gasteiger partial charge in [0, 0.05) is 12.6 Å². The quantitative estimate of drug-likeness (QED) is 0.791. The lowest BCUT2D eigenvalue weighted by atomic mass is 9.86. The minimum absolute atomic E-state index is 0.0530. The van der Waals surface area contributed by atoms with E-state index in [1.165, 1.54) is 0 Å². The molecule has 0 bridgehead atoms. The Labute approximate surface area is 97.0 Å². The van der Waals surface area contributed by atoms with Gasteiger partial charge < -0.3 is 10.1 Å². The highest BCUT2D eigenvalue weighted by atomic mass is 16.5. The highest BCUT2D eigenvalue weighted by Crippen LogP contribution is 2.31. The summed E-state index contributed by atoms with van der Waals surface area (Å²) in [5.74, 6) is -0.171. The zero-order valence-corrected chi connectivity index (χ0v) is 10.1. The summed E-state index contributed by atoms with van der Waals surface area (Å²) in [4.78, 5) is 11.3. The van der Waals surface area contributed by atoms with E-state index in [0.717, 1.165) is 25.7 Å². The molecular weight excluding hydrogens is 204 g/mol. The van der Waals surface area contributed by atoms with Gasteiger partial charge in [0.25, 0.3) is 0 Å². The molecule has 90 valence electrons. The first-order valence-corrected chi connectivity index (χ1v) is 5.96. The van der Waals surface area contributed by atoms with Gasteiger partial charge in [-0.3, -0.25) is 4.79 Å². The van der Waals surface area contributed by atoms with Crippen LogP contribution in [-0.4, -0.2) is 24.2 Å². The van der Waals surface area contributed by atoms with Crippen LogP contribution in [0.25, 0.3) is 0 Å². The van der Waals surface area contributed by atoms with Crippen molar-refractivity contribution in [3.8, 4) is 6.07 Å². The standard InChI is InChI=1S/C12H20N2O2/c1-3-12(4-2)9-10(6-8-16-12)14-11(15)5-7-13/h10H,3-6,8-9H2,1-2H3,(H,14,15). The van der Waals surface area contributed by atoms with Crippen molar-refractivity contribution < 1.29 is 9.53 Å². The fourth-order valence-corrected chi connectivity index (χ4v) is 2.24. The van der Waals surface area contributed by atoms with Crippen molar-refractivity contribution in [2.75, 3.05) is 6.61 Å². The lowest BCUT2D eigenvalue weighted by Gasteiger charge is -2.40. The molecule has 0 saturated carbocycles. The molecule has 1 unspecified atom stereocenters. The third-order valence-electron chi connectivity index (χ3n) is 3.39. The molecule has 1 fully saturated rings. The van der Waals surface area contributed by atoms with E-state index in [9.17, 15) is 4.79 Å². The number of nitrogens with one attached hydrogen (secondary N) is 1. The molecule has 0 spiro atoms. The Morgan fingerprint density at radius 2 is 2.25 bits per heavy atom. The Kier molecular flexibility index (Phi) is 4.75.